The Balaban J connectivity index is 2.23. The van der Waals surface area contributed by atoms with E-state index in [-0.39, 0.29) is 11.8 Å². The van der Waals surface area contributed by atoms with E-state index in [1.807, 2.05) is 31.2 Å². The van der Waals surface area contributed by atoms with E-state index in [2.05, 4.69) is 0 Å². The molecule has 0 fully saturated rings. The van der Waals surface area contributed by atoms with Crippen LogP contribution in [0, 0.1) is 5.82 Å². The number of ether oxygens (including phenoxy) is 1. The third-order valence-electron chi connectivity index (χ3n) is 3.15. The van der Waals surface area contributed by atoms with Crippen molar-refractivity contribution < 1.29 is 13.9 Å². The number of hydrogen-bond acceptors (Lipinski definition) is 2. The molecule has 2 aromatic carbocycles. The van der Waals surface area contributed by atoms with Crippen molar-refractivity contribution in [3.8, 4) is 11.1 Å². The van der Waals surface area contributed by atoms with E-state index in [4.69, 9.17) is 4.74 Å². The van der Waals surface area contributed by atoms with Gasteiger partial charge in [0.05, 0.1) is 6.61 Å². The van der Waals surface area contributed by atoms with Gasteiger partial charge in [-0.2, -0.15) is 0 Å². The number of rotatable bonds is 4. The summed E-state index contributed by atoms with van der Waals surface area (Å²) in [5.41, 5.74) is 3.09. The first-order chi connectivity index (χ1) is 10.1. The van der Waals surface area contributed by atoms with E-state index in [0.29, 0.717) is 12.2 Å². The molecular weight excluding hydrogens is 267 g/mol. The highest BCUT2D eigenvalue weighted by Crippen LogP contribution is 2.24. The van der Waals surface area contributed by atoms with Gasteiger partial charge in [-0.1, -0.05) is 42.5 Å². The van der Waals surface area contributed by atoms with Crippen LogP contribution in [0.1, 0.15) is 19.4 Å². The monoisotopic (exact) mass is 284 g/mol. The lowest BCUT2D eigenvalue weighted by Gasteiger charge is -2.06. The Morgan fingerprint density at radius 2 is 1.81 bits per heavy atom. The lowest BCUT2D eigenvalue weighted by Crippen LogP contribution is -2.00. The van der Waals surface area contributed by atoms with Gasteiger partial charge in [0.25, 0.3) is 0 Å². The predicted octanol–water partition coefficient (Wildman–Crippen LogP) is 4.46. The first-order valence-electron chi connectivity index (χ1n) is 6.82. The highest BCUT2D eigenvalue weighted by Gasteiger charge is 2.05. The van der Waals surface area contributed by atoms with Gasteiger partial charge in [0, 0.05) is 11.6 Å². The summed E-state index contributed by atoms with van der Waals surface area (Å²) in [4.78, 5) is 11.4. The maximum atomic E-state index is 13.7. The number of halogens is 1. The van der Waals surface area contributed by atoms with E-state index >= 15 is 0 Å². The van der Waals surface area contributed by atoms with Crippen LogP contribution in [0.2, 0.25) is 0 Å². The van der Waals surface area contributed by atoms with Crippen LogP contribution in [-0.2, 0) is 9.53 Å². The van der Waals surface area contributed by atoms with Crippen molar-refractivity contribution in [3.63, 3.8) is 0 Å². The van der Waals surface area contributed by atoms with Crippen LogP contribution in [0.25, 0.3) is 16.7 Å². The molecule has 2 rings (SSSR count). The first kappa shape index (κ1) is 15.0. The maximum absolute atomic E-state index is 13.7. The zero-order chi connectivity index (χ0) is 15.2. The van der Waals surface area contributed by atoms with Crippen molar-refractivity contribution in [3.05, 3.63) is 66.0 Å². The first-order valence-corrected chi connectivity index (χ1v) is 6.82. The Bertz CT molecular complexity index is 657. The van der Waals surface area contributed by atoms with Crippen molar-refractivity contribution in [2.75, 3.05) is 6.61 Å². The number of esters is 1. The molecule has 0 heterocycles. The molecule has 0 aromatic heterocycles. The Kier molecular flexibility index (Phi) is 4.88. The summed E-state index contributed by atoms with van der Waals surface area (Å²) in [6, 6.07) is 14.1. The summed E-state index contributed by atoms with van der Waals surface area (Å²) in [6.07, 6.45) is 1.46. The number of allylic oxidation sites excluding steroid dienone is 1. The van der Waals surface area contributed by atoms with Gasteiger partial charge in [-0.05, 0) is 36.6 Å². The Morgan fingerprint density at radius 3 is 2.43 bits per heavy atom. The summed E-state index contributed by atoms with van der Waals surface area (Å²) in [5.74, 6) is -0.600. The molecule has 21 heavy (non-hydrogen) atoms. The van der Waals surface area contributed by atoms with Gasteiger partial charge >= 0.3 is 5.97 Å². The molecule has 0 amide bonds. The second kappa shape index (κ2) is 6.84. The molecule has 0 radical (unpaired) electrons. The van der Waals surface area contributed by atoms with Gasteiger partial charge in [-0.3, -0.25) is 0 Å². The molecule has 0 aliphatic carbocycles. The number of benzene rings is 2. The van der Waals surface area contributed by atoms with E-state index in [1.165, 1.54) is 12.1 Å². The van der Waals surface area contributed by atoms with E-state index in [9.17, 15) is 9.18 Å². The molecule has 3 heteroatoms. The Hall–Kier alpha value is -2.42. The number of hydrogen-bond donors (Lipinski definition) is 0. The van der Waals surface area contributed by atoms with Gasteiger partial charge < -0.3 is 4.74 Å². The zero-order valence-electron chi connectivity index (χ0n) is 12.1. The van der Waals surface area contributed by atoms with E-state index in [1.54, 1.807) is 25.1 Å². The van der Waals surface area contributed by atoms with Crippen LogP contribution in [0.5, 0.6) is 0 Å². The van der Waals surface area contributed by atoms with Crippen LogP contribution in [0.15, 0.2) is 54.6 Å². The topological polar surface area (TPSA) is 26.3 Å². The highest BCUT2D eigenvalue weighted by atomic mass is 19.1. The predicted molar refractivity (Wildman–Crippen MR) is 82.1 cm³/mol. The van der Waals surface area contributed by atoms with Crippen molar-refractivity contribution in [2.45, 2.75) is 13.8 Å². The van der Waals surface area contributed by atoms with E-state index in [0.717, 1.165) is 16.7 Å². The minimum Gasteiger partial charge on any atom is -0.463 e. The second-order valence-electron chi connectivity index (χ2n) is 4.64. The summed E-state index contributed by atoms with van der Waals surface area (Å²) in [6.45, 7) is 3.97. The summed E-state index contributed by atoms with van der Waals surface area (Å²) in [7, 11) is 0. The molecular formula is C18H17FO2. The Labute approximate surface area is 123 Å². The molecule has 2 nitrogen and oxygen atoms in total. The number of carbonyl (C=O) groups excluding carboxylic acids is 1. The lowest BCUT2D eigenvalue weighted by atomic mass is 10.0. The summed E-state index contributed by atoms with van der Waals surface area (Å²) < 4.78 is 18.6. The maximum Gasteiger partial charge on any atom is 0.331 e. The molecule has 0 spiro atoms. The molecule has 0 bridgehead atoms. The van der Waals surface area contributed by atoms with Crippen LogP contribution >= 0.6 is 0 Å². The molecule has 0 saturated heterocycles. The van der Waals surface area contributed by atoms with Gasteiger partial charge in [-0.15, -0.1) is 0 Å². The standard InChI is InChI=1S/C18H17FO2/c1-3-21-18(20)12-13(2)14-8-10-15(11-9-14)16-6-4-5-7-17(16)19/h4-12H,3H2,1-2H3. The van der Waals surface area contributed by atoms with Gasteiger partial charge in [0.1, 0.15) is 5.82 Å². The highest BCUT2D eigenvalue weighted by molar-refractivity contribution is 5.91. The minimum atomic E-state index is -0.354. The molecule has 0 aliphatic heterocycles. The molecule has 108 valence electrons. The third-order valence-corrected chi connectivity index (χ3v) is 3.15. The number of carbonyl (C=O) groups is 1. The zero-order valence-corrected chi connectivity index (χ0v) is 12.1. The van der Waals surface area contributed by atoms with Crippen molar-refractivity contribution >= 4 is 11.5 Å². The average molecular weight is 284 g/mol. The minimum absolute atomic E-state index is 0.246. The van der Waals surface area contributed by atoms with Crippen molar-refractivity contribution in [2.24, 2.45) is 0 Å². The van der Waals surface area contributed by atoms with Crippen molar-refractivity contribution in [1.29, 1.82) is 0 Å². The largest absolute Gasteiger partial charge is 0.463 e. The molecule has 0 saturated carbocycles. The quantitative estimate of drug-likeness (QED) is 0.612. The van der Waals surface area contributed by atoms with E-state index < -0.39 is 0 Å². The van der Waals surface area contributed by atoms with Crippen LogP contribution in [0.4, 0.5) is 4.39 Å². The fourth-order valence-corrected chi connectivity index (χ4v) is 2.05. The summed E-state index contributed by atoms with van der Waals surface area (Å²) in [5, 5.41) is 0. The van der Waals surface area contributed by atoms with Gasteiger partial charge in [-0.25, -0.2) is 9.18 Å². The summed E-state index contributed by atoms with van der Waals surface area (Å²) >= 11 is 0. The normalized spacial score (nSPS) is 11.3. The van der Waals surface area contributed by atoms with Gasteiger partial charge in [0.2, 0.25) is 0 Å². The van der Waals surface area contributed by atoms with Crippen LogP contribution in [0.3, 0.4) is 0 Å². The molecule has 2 aromatic rings. The van der Waals surface area contributed by atoms with Gasteiger partial charge in [0.15, 0.2) is 0 Å². The second-order valence-corrected chi connectivity index (χ2v) is 4.64. The van der Waals surface area contributed by atoms with Crippen LogP contribution in [-0.4, -0.2) is 12.6 Å². The average Bonchev–Trinajstić information content (AvgIpc) is 2.48. The SMILES string of the molecule is CCOC(=O)C=C(C)c1ccc(-c2ccccc2F)cc1. The van der Waals surface area contributed by atoms with Crippen LogP contribution < -0.4 is 0 Å². The molecule has 0 aliphatic rings. The molecule has 0 N–H and O–H groups in total. The van der Waals surface area contributed by atoms with Crippen molar-refractivity contribution in [1.82, 2.24) is 0 Å². The smallest absolute Gasteiger partial charge is 0.331 e. The Morgan fingerprint density at radius 1 is 1.14 bits per heavy atom. The lowest BCUT2D eigenvalue weighted by molar-refractivity contribution is -0.137. The molecule has 0 unspecified atom stereocenters. The fourth-order valence-electron chi connectivity index (χ4n) is 2.05. The molecule has 0 atom stereocenters. The fraction of sp³-hybridized carbons (Fsp3) is 0.167. The third kappa shape index (κ3) is 3.78.